The van der Waals surface area contributed by atoms with Crippen LogP contribution in [0.2, 0.25) is 0 Å². The van der Waals surface area contributed by atoms with Crippen LogP contribution in [0.25, 0.3) is 0 Å². The molecule has 1 aliphatic heterocycles. The Morgan fingerprint density at radius 3 is 2.09 bits per heavy atom. The summed E-state index contributed by atoms with van der Waals surface area (Å²) in [5.74, 6) is -0.268. The second-order valence-electron chi connectivity index (χ2n) is 9.38. The summed E-state index contributed by atoms with van der Waals surface area (Å²) in [5, 5.41) is 0. The van der Waals surface area contributed by atoms with Crippen molar-refractivity contribution in [2.45, 2.75) is 56.1 Å². The van der Waals surface area contributed by atoms with Crippen LogP contribution in [0.4, 0.5) is 18.0 Å². The quantitative estimate of drug-likeness (QED) is 0.577. The Labute approximate surface area is 197 Å². The molecule has 0 aromatic heterocycles. The van der Waals surface area contributed by atoms with E-state index in [1.54, 1.807) is 32.9 Å². The zero-order valence-corrected chi connectivity index (χ0v) is 20.2. The highest BCUT2D eigenvalue weighted by Gasteiger charge is 2.39. The first-order valence-corrected chi connectivity index (χ1v) is 12.6. The Morgan fingerprint density at radius 1 is 1.00 bits per heavy atom. The number of nitrogens with zero attached hydrogens (tertiary/aromatic N) is 1. The van der Waals surface area contributed by atoms with Crippen LogP contribution in [0, 0.1) is 0 Å². The number of halogens is 3. The van der Waals surface area contributed by atoms with Crippen molar-refractivity contribution in [1.82, 2.24) is 4.90 Å². The Balaban J connectivity index is 1.78. The fourth-order valence-corrected chi connectivity index (χ4v) is 4.32. The number of amides is 1. The number of carbonyl (C=O) groups is 1. The van der Waals surface area contributed by atoms with Crippen molar-refractivity contribution in [1.29, 1.82) is 0 Å². The normalized spacial score (nSPS) is 19.3. The van der Waals surface area contributed by atoms with Gasteiger partial charge in [0.1, 0.15) is 5.60 Å². The van der Waals surface area contributed by atoms with Crippen molar-refractivity contribution in [3.63, 3.8) is 0 Å². The summed E-state index contributed by atoms with van der Waals surface area (Å²) in [6.45, 7) is 5.88. The van der Waals surface area contributed by atoms with Crippen molar-refractivity contribution in [3.8, 4) is 0 Å². The smallest absolute Gasteiger partial charge is 0.416 e. The first-order chi connectivity index (χ1) is 15.6. The molecular weight excluding hydrogens is 471 g/mol. The van der Waals surface area contributed by atoms with Crippen molar-refractivity contribution in [3.05, 3.63) is 65.2 Å². The van der Waals surface area contributed by atoms with Gasteiger partial charge < -0.3 is 14.4 Å². The van der Waals surface area contributed by atoms with Crippen LogP contribution in [0.15, 0.2) is 53.4 Å². The lowest BCUT2D eigenvalue weighted by molar-refractivity contribution is -0.137. The summed E-state index contributed by atoms with van der Waals surface area (Å²) >= 11 is 0. The van der Waals surface area contributed by atoms with Crippen LogP contribution in [-0.4, -0.2) is 50.5 Å². The highest BCUT2D eigenvalue weighted by atomic mass is 32.2. The molecule has 34 heavy (non-hydrogen) atoms. The highest BCUT2D eigenvalue weighted by molar-refractivity contribution is 7.90. The number of alkyl halides is 3. The zero-order valence-electron chi connectivity index (χ0n) is 19.4. The molecule has 1 aliphatic rings. The number of hydrogen-bond donors (Lipinski definition) is 0. The van der Waals surface area contributed by atoms with Crippen molar-refractivity contribution in [2.75, 3.05) is 19.3 Å². The number of sulfone groups is 1. The molecular formula is C24H28F3NO5S. The summed E-state index contributed by atoms with van der Waals surface area (Å²) in [4.78, 5) is 14.3. The fourth-order valence-electron chi connectivity index (χ4n) is 3.69. The second kappa shape index (κ2) is 9.58. The molecule has 10 heteroatoms. The van der Waals surface area contributed by atoms with Gasteiger partial charge in [-0.2, -0.15) is 13.2 Å². The minimum absolute atomic E-state index is 0.0584. The molecule has 1 amide bonds. The maximum absolute atomic E-state index is 12.8. The Hall–Kier alpha value is -2.59. The average Bonchev–Trinajstić information content (AvgIpc) is 3.15. The van der Waals surface area contributed by atoms with Gasteiger partial charge in [0.25, 0.3) is 0 Å². The van der Waals surface area contributed by atoms with Gasteiger partial charge in [-0.25, -0.2) is 13.2 Å². The van der Waals surface area contributed by atoms with Crippen molar-refractivity contribution < 1.29 is 35.9 Å². The standard InChI is InChI=1S/C24H28F3NO5S/c1-23(2,3)33-22(29)28-13-20(17-7-11-19(12-8-17)34(4,30)31)21(14-28)32-15-16-5-9-18(10-6-16)24(25,26)27/h5-12,20-21H,13-15H2,1-4H3/t20-,21+/m0/s1. The molecule has 0 unspecified atom stereocenters. The summed E-state index contributed by atoms with van der Waals surface area (Å²) in [7, 11) is -3.36. The van der Waals surface area contributed by atoms with E-state index in [1.165, 1.54) is 29.2 Å². The molecule has 6 nitrogen and oxygen atoms in total. The van der Waals surface area contributed by atoms with Crippen molar-refractivity contribution in [2.24, 2.45) is 0 Å². The molecule has 0 radical (unpaired) electrons. The van der Waals surface area contributed by atoms with Crippen LogP contribution in [0.5, 0.6) is 0 Å². The first kappa shape index (κ1) is 26.0. The van der Waals surface area contributed by atoms with Crippen molar-refractivity contribution >= 4 is 15.9 Å². The molecule has 1 heterocycles. The molecule has 3 rings (SSSR count). The lowest BCUT2D eigenvalue weighted by Gasteiger charge is -2.24. The molecule has 2 aromatic rings. The molecule has 2 atom stereocenters. The van der Waals surface area contributed by atoms with E-state index in [-0.39, 0.29) is 24.0 Å². The molecule has 186 valence electrons. The molecule has 0 saturated carbocycles. The lowest BCUT2D eigenvalue weighted by Crippen LogP contribution is -2.36. The van der Waals surface area contributed by atoms with Gasteiger partial charge in [0.2, 0.25) is 0 Å². The monoisotopic (exact) mass is 499 g/mol. The van der Waals surface area contributed by atoms with Crippen LogP contribution >= 0.6 is 0 Å². The molecule has 2 aromatic carbocycles. The number of ether oxygens (including phenoxy) is 2. The SMILES string of the molecule is CC(C)(C)OC(=O)N1C[C@@H](OCc2ccc(C(F)(F)F)cc2)[C@H](c2ccc(S(C)(=O)=O)cc2)C1. The number of rotatable bonds is 5. The van der Waals surface area contributed by atoms with E-state index in [9.17, 15) is 26.4 Å². The van der Waals surface area contributed by atoms with Crippen LogP contribution in [0.3, 0.4) is 0 Å². The number of likely N-dealkylation sites (tertiary alicyclic amines) is 1. The molecule has 0 N–H and O–H groups in total. The minimum Gasteiger partial charge on any atom is -0.444 e. The maximum Gasteiger partial charge on any atom is 0.416 e. The van der Waals surface area contributed by atoms with Gasteiger partial charge in [0.15, 0.2) is 9.84 Å². The van der Waals surface area contributed by atoms with E-state index in [4.69, 9.17) is 9.47 Å². The number of benzene rings is 2. The highest BCUT2D eigenvalue weighted by Crippen LogP contribution is 2.33. The third-order valence-corrected chi connectivity index (χ3v) is 6.53. The van der Waals surface area contributed by atoms with Gasteiger partial charge in [-0.3, -0.25) is 0 Å². The van der Waals surface area contributed by atoms with Gasteiger partial charge in [-0.05, 0) is 56.2 Å². The summed E-state index contributed by atoms with van der Waals surface area (Å²) in [5.41, 5.74) is -0.0640. The van der Waals surface area contributed by atoms with E-state index in [0.29, 0.717) is 12.1 Å². The van der Waals surface area contributed by atoms with Gasteiger partial charge in [-0.1, -0.05) is 24.3 Å². The van der Waals surface area contributed by atoms with Gasteiger partial charge in [0.05, 0.1) is 29.7 Å². The molecule has 1 fully saturated rings. The predicted octanol–water partition coefficient (Wildman–Crippen LogP) is 5.03. The van der Waals surface area contributed by atoms with Crippen LogP contribution in [0.1, 0.15) is 43.4 Å². The van der Waals surface area contributed by atoms with Gasteiger partial charge >= 0.3 is 12.3 Å². The number of carbonyl (C=O) groups excluding carboxylic acids is 1. The van der Waals surface area contributed by atoms with E-state index < -0.39 is 39.4 Å². The van der Waals surface area contributed by atoms with E-state index in [2.05, 4.69) is 0 Å². The maximum atomic E-state index is 12.8. The topological polar surface area (TPSA) is 72.9 Å². The Bertz CT molecular complexity index is 1110. The third-order valence-electron chi connectivity index (χ3n) is 5.40. The summed E-state index contributed by atoms with van der Waals surface area (Å²) < 4.78 is 73.5. The summed E-state index contributed by atoms with van der Waals surface area (Å²) in [6.07, 6.45) is -4.25. The van der Waals surface area contributed by atoms with E-state index >= 15 is 0 Å². The average molecular weight is 500 g/mol. The first-order valence-electron chi connectivity index (χ1n) is 10.7. The van der Waals surface area contributed by atoms with Crippen LogP contribution < -0.4 is 0 Å². The Morgan fingerprint density at radius 2 is 1.59 bits per heavy atom. The van der Waals surface area contributed by atoms with Gasteiger partial charge in [0, 0.05) is 18.7 Å². The fraction of sp³-hybridized carbons (Fsp3) is 0.458. The Kier molecular flexibility index (Phi) is 7.33. The van der Waals surface area contributed by atoms with Gasteiger partial charge in [-0.15, -0.1) is 0 Å². The molecule has 0 aliphatic carbocycles. The van der Waals surface area contributed by atoms with E-state index in [1.807, 2.05) is 0 Å². The third kappa shape index (κ3) is 6.73. The molecule has 0 bridgehead atoms. The minimum atomic E-state index is -4.41. The lowest BCUT2D eigenvalue weighted by atomic mass is 9.96. The van der Waals surface area contributed by atoms with Crippen LogP contribution in [-0.2, 0) is 32.1 Å². The second-order valence-corrected chi connectivity index (χ2v) is 11.4. The number of hydrogen-bond acceptors (Lipinski definition) is 5. The predicted molar refractivity (Wildman–Crippen MR) is 120 cm³/mol. The zero-order chi connectivity index (χ0) is 25.3. The largest absolute Gasteiger partial charge is 0.444 e. The van der Waals surface area contributed by atoms with E-state index in [0.717, 1.165) is 24.0 Å². The molecule has 0 spiro atoms. The summed E-state index contributed by atoms with van der Waals surface area (Å²) in [6, 6.07) is 11.1. The molecule has 1 saturated heterocycles.